The van der Waals surface area contributed by atoms with Crippen LogP contribution in [0.15, 0.2) is 4.99 Å². The molecular formula is C26H38N2O4. The molecule has 0 radical (unpaired) electrons. The Kier molecular flexibility index (Phi) is 6.78. The minimum atomic E-state index is -1.30. The van der Waals surface area contributed by atoms with Crippen molar-refractivity contribution in [2.24, 2.45) is 10.4 Å². The topological polar surface area (TPSA) is 69.9 Å². The molecule has 6 heteroatoms. The summed E-state index contributed by atoms with van der Waals surface area (Å²) in [6.07, 6.45) is 12.9. The van der Waals surface area contributed by atoms with E-state index in [1.165, 1.54) is 52.7 Å². The van der Waals surface area contributed by atoms with E-state index >= 15 is 0 Å². The van der Waals surface area contributed by atoms with Gasteiger partial charge in [-0.15, -0.1) is 0 Å². The molecule has 0 aliphatic heterocycles. The average Bonchev–Trinajstić information content (AvgIpc) is 3.25. The lowest BCUT2D eigenvalue weighted by Gasteiger charge is -2.30. The van der Waals surface area contributed by atoms with E-state index in [1.54, 1.807) is 0 Å². The number of aromatic nitrogens is 1. The molecule has 6 nitrogen and oxygen atoms in total. The second-order valence-corrected chi connectivity index (χ2v) is 9.99. The zero-order valence-corrected chi connectivity index (χ0v) is 20.2. The quantitative estimate of drug-likeness (QED) is 0.516. The van der Waals surface area contributed by atoms with E-state index < -0.39 is 17.4 Å². The van der Waals surface area contributed by atoms with Crippen LogP contribution in [0, 0.1) is 19.3 Å². The predicted molar refractivity (Wildman–Crippen MR) is 122 cm³/mol. The molecule has 0 aromatic carbocycles. The second kappa shape index (κ2) is 9.40. The van der Waals surface area contributed by atoms with E-state index in [0.29, 0.717) is 24.9 Å². The van der Waals surface area contributed by atoms with E-state index in [4.69, 9.17) is 14.5 Å². The van der Waals surface area contributed by atoms with Crippen LogP contribution in [0.25, 0.3) is 0 Å². The van der Waals surface area contributed by atoms with Gasteiger partial charge in [-0.3, -0.25) is 14.6 Å². The molecule has 0 amide bonds. The number of ether oxygens (including phenoxy) is 2. The molecule has 3 aliphatic carbocycles. The van der Waals surface area contributed by atoms with Crippen LogP contribution in [-0.4, -0.2) is 36.8 Å². The number of methoxy groups -OCH3 is 2. The van der Waals surface area contributed by atoms with Gasteiger partial charge in [0.25, 0.3) is 0 Å². The van der Waals surface area contributed by atoms with Gasteiger partial charge in [-0.2, -0.15) is 0 Å². The molecule has 0 atom stereocenters. The number of hydrogen-bond acceptors (Lipinski definition) is 5. The van der Waals surface area contributed by atoms with Crippen molar-refractivity contribution in [1.82, 2.24) is 4.57 Å². The summed E-state index contributed by atoms with van der Waals surface area (Å²) in [5.74, 6) is -1.01. The van der Waals surface area contributed by atoms with Crippen LogP contribution in [0.5, 0.6) is 0 Å². The van der Waals surface area contributed by atoms with Crippen molar-refractivity contribution in [3.05, 3.63) is 27.9 Å². The third kappa shape index (κ3) is 3.90. The van der Waals surface area contributed by atoms with Crippen LogP contribution in [0.3, 0.4) is 0 Å². The number of carbonyl (C=O) groups excluding carboxylic acids is 2. The van der Waals surface area contributed by atoms with Crippen LogP contribution >= 0.6 is 0 Å². The van der Waals surface area contributed by atoms with Gasteiger partial charge in [0.1, 0.15) is 5.49 Å². The maximum Gasteiger partial charge on any atom is 0.323 e. The normalized spacial score (nSPS) is 21.9. The predicted octanol–water partition coefficient (Wildman–Crippen LogP) is 4.27. The van der Waals surface area contributed by atoms with E-state index in [9.17, 15) is 9.59 Å². The third-order valence-electron chi connectivity index (χ3n) is 8.11. The van der Waals surface area contributed by atoms with Gasteiger partial charge in [0.2, 0.25) is 0 Å². The summed E-state index contributed by atoms with van der Waals surface area (Å²) in [5.41, 5.74) is 4.24. The van der Waals surface area contributed by atoms with E-state index in [2.05, 4.69) is 18.4 Å². The lowest BCUT2D eigenvalue weighted by Crippen LogP contribution is -2.42. The molecule has 1 heterocycles. The van der Waals surface area contributed by atoms with Crippen molar-refractivity contribution < 1.29 is 19.1 Å². The number of esters is 2. The number of hydrogen-bond donors (Lipinski definition) is 0. The van der Waals surface area contributed by atoms with Crippen LogP contribution < -0.4 is 5.49 Å². The lowest BCUT2D eigenvalue weighted by atomic mass is 9.84. The first-order valence-corrected chi connectivity index (χ1v) is 12.4. The Bertz CT molecular complexity index is 934. The fraction of sp³-hybridized carbons (Fsp3) is 0.731. The van der Waals surface area contributed by atoms with Crippen LogP contribution in [-0.2, 0) is 31.9 Å². The molecule has 0 saturated heterocycles. The van der Waals surface area contributed by atoms with Gasteiger partial charge in [-0.25, -0.2) is 0 Å². The van der Waals surface area contributed by atoms with E-state index in [0.717, 1.165) is 53.6 Å². The van der Waals surface area contributed by atoms with Gasteiger partial charge < -0.3 is 14.0 Å². The van der Waals surface area contributed by atoms with Crippen LogP contribution in [0.1, 0.15) is 92.6 Å². The monoisotopic (exact) mass is 442 g/mol. The minimum Gasteiger partial charge on any atom is -0.468 e. The number of fused-ring (bicyclic) bond motifs is 1. The molecular weight excluding hydrogens is 404 g/mol. The molecule has 0 spiro atoms. The minimum absolute atomic E-state index is 0.326. The first-order chi connectivity index (χ1) is 15.4. The highest BCUT2D eigenvalue weighted by atomic mass is 16.5. The fourth-order valence-electron chi connectivity index (χ4n) is 6.30. The second-order valence-electron chi connectivity index (χ2n) is 9.99. The Labute approximate surface area is 191 Å². The van der Waals surface area contributed by atoms with Gasteiger partial charge in [0.05, 0.1) is 20.3 Å². The summed E-state index contributed by atoms with van der Waals surface area (Å²) in [5, 5.41) is 0. The summed E-state index contributed by atoms with van der Waals surface area (Å²) in [6.45, 7) is 4.28. The largest absolute Gasteiger partial charge is 0.468 e. The summed E-state index contributed by atoms with van der Waals surface area (Å²) in [6, 6.07) is 0.795. The Morgan fingerprint density at radius 1 is 0.844 bits per heavy atom. The molecule has 1 aromatic rings. The molecule has 3 aliphatic rings. The number of carbonyl (C=O) groups is 2. The highest BCUT2D eigenvalue weighted by molar-refractivity contribution is 6.01. The van der Waals surface area contributed by atoms with Crippen molar-refractivity contribution in [3.63, 3.8) is 0 Å². The SMILES string of the molecule is COC(=O)C1(C(=O)OC)Cc2c(c(C)n(C3CCCCC3)c(=NC3CCCCC3)c2C)C1. The Hall–Kier alpha value is -2.11. The number of pyridine rings is 1. The molecule has 2 fully saturated rings. The van der Waals surface area contributed by atoms with Gasteiger partial charge in [0, 0.05) is 24.6 Å². The van der Waals surface area contributed by atoms with Gasteiger partial charge in [-0.05, 0) is 56.2 Å². The standard InChI is InChI=1S/C26H38N2O4/c1-17-21-15-26(24(29)31-3,25(30)32-4)16-22(21)18(2)28(20-13-9-6-10-14-20)23(17)27-19-11-7-5-8-12-19/h19-20H,5-16H2,1-4H3. The lowest BCUT2D eigenvalue weighted by molar-refractivity contribution is -0.168. The highest BCUT2D eigenvalue weighted by Gasteiger charge is 2.54. The number of rotatable bonds is 4. The molecule has 0 unspecified atom stereocenters. The first-order valence-electron chi connectivity index (χ1n) is 12.4. The smallest absolute Gasteiger partial charge is 0.323 e. The fourth-order valence-corrected chi connectivity index (χ4v) is 6.30. The Morgan fingerprint density at radius 3 is 1.94 bits per heavy atom. The van der Waals surface area contributed by atoms with Crippen LogP contribution in [0.4, 0.5) is 0 Å². The maximum atomic E-state index is 12.9. The molecule has 0 N–H and O–H groups in total. The van der Waals surface area contributed by atoms with Crippen molar-refractivity contribution in [2.75, 3.05) is 14.2 Å². The number of nitrogens with zero attached hydrogens (tertiary/aromatic N) is 2. The molecule has 32 heavy (non-hydrogen) atoms. The van der Waals surface area contributed by atoms with Crippen molar-refractivity contribution in [2.45, 2.75) is 103 Å². The molecule has 176 valence electrons. The maximum absolute atomic E-state index is 12.9. The summed E-state index contributed by atoms with van der Waals surface area (Å²) in [4.78, 5) is 31.1. The summed E-state index contributed by atoms with van der Waals surface area (Å²) < 4.78 is 12.7. The van der Waals surface area contributed by atoms with Crippen LogP contribution in [0.2, 0.25) is 0 Å². The Morgan fingerprint density at radius 2 is 1.38 bits per heavy atom. The molecule has 1 aromatic heterocycles. The van der Waals surface area contributed by atoms with Gasteiger partial charge in [-0.1, -0.05) is 38.5 Å². The zero-order valence-electron chi connectivity index (χ0n) is 20.2. The van der Waals surface area contributed by atoms with E-state index in [1.807, 2.05) is 0 Å². The van der Waals surface area contributed by atoms with E-state index in [-0.39, 0.29) is 0 Å². The van der Waals surface area contributed by atoms with Gasteiger partial charge in [0.15, 0.2) is 5.41 Å². The molecule has 4 rings (SSSR count). The highest BCUT2D eigenvalue weighted by Crippen LogP contribution is 2.42. The molecule has 0 bridgehead atoms. The third-order valence-corrected chi connectivity index (χ3v) is 8.11. The molecule has 2 saturated carbocycles. The van der Waals surface area contributed by atoms with Crippen molar-refractivity contribution in [3.8, 4) is 0 Å². The summed E-state index contributed by atoms with van der Waals surface area (Å²) in [7, 11) is 2.70. The van der Waals surface area contributed by atoms with Gasteiger partial charge >= 0.3 is 11.9 Å². The summed E-state index contributed by atoms with van der Waals surface area (Å²) >= 11 is 0. The van der Waals surface area contributed by atoms with Crippen molar-refractivity contribution >= 4 is 11.9 Å². The average molecular weight is 443 g/mol. The first kappa shape index (κ1) is 23.1. The Balaban J connectivity index is 1.89. The zero-order chi connectivity index (χ0) is 22.9. The van der Waals surface area contributed by atoms with Crippen molar-refractivity contribution in [1.29, 1.82) is 0 Å².